The lowest BCUT2D eigenvalue weighted by atomic mass is 9.93. The van der Waals surface area contributed by atoms with Crippen molar-refractivity contribution in [1.29, 1.82) is 0 Å². The van der Waals surface area contributed by atoms with Crippen molar-refractivity contribution in [2.24, 2.45) is 11.8 Å². The second kappa shape index (κ2) is 5.41. The van der Waals surface area contributed by atoms with Crippen LogP contribution in [0.3, 0.4) is 0 Å². The summed E-state index contributed by atoms with van der Waals surface area (Å²) in [5.74, 6) is 1.28. The Morgan fingerprint density at radius 1 is 1.21 bits per heavy atom. The molecule has 4 nitrogen and oxygen atoms in total. The van der Waals surface area contributed by atoms with Gasteiger partial charge in [0.1, 0.15) is 6.04 Å². The van der Waals surface area contributed by atoms with Gasteiger partial charge in [-0.3, -0.25) is 14.6 Å². The van der Waals surface area contributed by atoms with Crippen molar-refractivity contribution >= 4 is 5.97 Å². The van der Waals surface area contributed by atoms with Gasteiger partial charge >= 0.3 is 5.97 Å². The van der Waals surface area contributed by atoms with Crippen LogP contribution in [0.2, 0.25) is 0 Å². The summed E-state index contributed by atoms with van der Waals surface area (Å²) >= 11 is 0. The predicted molar refractivity (Wildman–Crippen MR) is 74.1 cm³/mol. The molecule has 19 heavy (non-hydrogen) atoms. The molecule has 4 unspecified atom stereocenters. The number of piperazine rings is 1. The van der Waals surface area contributed by atoms with Crippen LogP contribution in [0.4, 0.5) is 0 Å². The largest absolute Gasteiger partial charge is 0.480 e. The van der Waals surface area contributed by atoms with Gasteiger partial charge in [-0.15, -0.1) is 0 Å². The summed E-state index contributed by atoms with van der Waals surface area (Å²) < 4.78 is 0. The third-order valence-electron chi connectivity index (χ3n) is 5.63. The summed E-state index contributed by atoms with van der Waals surface area (Å²) in [6.45, 7) is 5.97. The highest BCUT2D eigenvalue weighted by Crippen LogP contribution is 2.46. The quantitative estimate of drug-likeness (QED) is 0.840. The number of hydrogen-bond donors (Lipinski definition) is 1. The minimum Gasteiger partial charge on any atom is -0.480 e. The van der Waals surface area contributed by atoms with Crippen molar-refractivity contribution in [1.82, 2.24) is 9.80 Å². The van der Waals surface area contributed by atoms with Crippen LogP contribution in [0.15, 0.2) is 0 Å². The Balaban J connectivity index is 1.53. The van der Waals surface area contributed by atoms with Crippen molar-refractivity contribution in [3.63, 3.8) is 0 Å². The van der Waals surface area contributed by atoms with Gasteiger partial charge in [-0.05, 0) is 37.5 Å². The highest BCUT2D eigenvalue weighted by Gasteiger charge is 2.43. The lowest BCUT2D eigenvalue weighted by Crippen LogP contribution is -2.55. The molecule has 0 aromatic heterocycles. The first-order valence-corrected chi connectivity index (χ1v) is 7.90. The minimum absolute atomic E-state index is 0.276. The zero-order valence-electron chi connectivity index (χ0n) is 11.9. The highest BCUT2D eigenvalue weighted by molar-refractivity contribution is 5.73. The van der Waals surface area contributed by atoms with Crippen LogP contribution < -0.4 is 0 Å². The number of fused-ring (bicyclic) bond motifs is 2. The van der Waals surface area contributed by atoms with Crippen LogP contribution in [-0.4, -0.2) is 59.1 Å². The van der Waals surface area contributed by atoms with Gasteiger partial charge in [0, 0.05) is 32.2 Å². The van der Waals surface area contributed by atoms with Gasteiger partial charge in [0.05, 0.1) is 0 Å². The van der Waals surface area contributed by atoms with Gasteiger partial charge in [-0.25, -0.2) is 0 Å². The molecule has 108 valence electrons. The van der Waals surface area contributed by atoms with Crippen LogP contribution in [0, 0.1) is 11.8 Å². The summed E-state index contributed by atoms with van der Waals surface area (Å²) in [6, 6.07) is 0.535. The van der Waals surface area contributed by atoms with Gasteiger partial charge < -0.3 is 5.11 Å². The average Bonchev–Trinajstić information content (AvgIpc) is 3.02. The van der Waals surface area contributed by atoms with Crippen molar-refractivity contribution in [2.45, 2.75) is 51.1 Å². The molecule has 4 atom stereocenters. The molecular formula is C15H26N2O2. The van der Waals surface area contributed by atoms with Crippen molar-refractivity contribution in [2.75, 3.05) is 26.2 Å². The van der Waals surface area contributed by atoms with Crippen LogP contribution in [0.5, 0.6) is 0 Å². The smallest absolute Gasteiger partial charge is 0.320 e. The van der Waals surface area contributed by atoms with Gasteiger partial charge in [-0.1, -0.05) is 13.3 Å². The van der Waals surface area contributed by atoms with Crippen LogP contribution >= 0.6 is 0 Å². The Morgan fingerprint density at radius 3 is 2.42 bits per heavy atom. The third kappa shape index (κ3) is 2.52. The lowest BCUT2D eigenvalue weighted by Gasteiger charge is -2.42. The van der Waals surface area contributed by atoms with Crippen molar-refractivity contribution in [3.8, 4) is 0 Å². The van der Waals surface area contributed by atoms with E-state index in [1.807, 2.05) is 6.92 Å². The number of hydrogen-bond acceptors (Lipinski definition) is 3. The lowest BCUT2D eigenvalue weighted by molar-refractivity contribution is -0.144. The molecular weight excluding hydrogens is 240 g/mol. The summed E-state index contributed by atoms with van der Waals surface area (Å²) in [6.07, 6.45) is 6.46. The van der Waals surface area contributed by atoms with Crippen molar-refractivity contribution < 1.29 is 9.90 Å². The fraction of sp³-hybridized carbons (Fsp3) is 0.933. The first-order valence-electron chi connectivity index (χ1n) is 7.90. The van der Waals surface area contributed by atoms with Gasteiger partial charge in [0.2, 0.25) is 0 Å². The Labute approximate surface area is 115 Å². The van der Waals surface area contributed by atoms with Crippen molar-refractivity contribution in [3.05, 3.63) is 0 Å². The van der Waals surface area contributed by atoms with Crippen LogP contribution in [0.25, 0.3) is 0 Å². The maximum Gasteiger partial charge on any atom is 0.320 e. The molecule has 0 aromatic rings. The van der Waals surface area contributed by atoms with E-state index in [4.69, 9.17) is 0 Å². The van der Waals surface area contributed by atoms with E-state index < -0.39 is 5.97 Å². The summed E-state index contributed by atoms with van der Waals surface area (Å²) in [5, 5.41) is 9.23. The summed E-state index contributed by atoms with van der Waals surface area (Å²) in [4.78, 5) is 16.0. The molecule has 3 aliphatic rings. The molecule has 1 heterocycles. The minimum atomic E-state index is -0.657. The number of aliphatic carboxylic acids is 1. The molecule has 2 aliphatic carbocycles. The maximum atomic E-state index is 11.2. The molecule has 3 fully saturated rings. The first kappa shape index (κ1) is 13.4. The second-order valence-corrected chi connectivity index (χ2v) is 6.58. The standard InChI is InChI=1S/C15H26N2O2/c1-2-13(15(18)19)16-5-7-17(8-6-16)14-10-11-3-4-12(14)9-11/h11-14H,2-10H2,1H3,(H,18,19). The predicted octanol–water partition coefficient (Wildman–Crippen LogP) is 1.66. The number of carboxylic acids is 1. The fourth-order valence-corrected chi connectivity index (χ4v) is 4.63. The number of rotatable bonds is 4. The van der Waals surface area contributed by atoms with E-state index in [1.54, 1.807) is 0 Å². The Kier molecular flexibility index (Phi) is 3.81. The van der Waals surface area contributed by atoms with Gasteiger partial charge in [0.25, 0.3) is 0 Å². The molecule has 1 N–H and O–H groups in total. The molecule has 3 rings (SSSR count). The molecule has 2 bridgehead atoms. The average molecular weight is 266 g/mol. The zero-order chi connectivity index (χ0) is 13.4. The topological polar surface area (TPSA) is 43.8 Å². The van der Waals surface area contributed by atoms with E-state index in [9.17, 15) is 9.90 Å². The summed E-state index contributed by atoms with van der Waals surface area (Å²) in [5.41, 5.74) is 0. The van der Waals surface area contributed by atoms with Gasteiger partial charge in [-0.2, -0.15) is 0 Å². The highest BCUT2D eigenvalue weighted by atomic mass is 16.4. The maximum absolute atomic E-state index is 11.2. The van der Waals surface area contributed by atoms with E-state index in [0.717, 1.165) is 44.1 Å². The van der Waals surface area contributed by atoms with E-state index >= 15 is 0 Å². The first-order chi connectivity index (χ1) is 9.19. The second-order valence-electron chi connectivity index (χ2n) is 6.58. The molecule has 1 aliphatic heterocycles. The molecule has 0 radical (unpaired) electrons. The van der Waals surface area contributed by atoms with Gasteiger partial charge in [0.15, 0.2) is 0 Å². The Morgan fingerprint density at radius 2 is 1.95 bits per heavy atom. The zero-order valence-corrected chi connectivity index (χ0v) is 11.9. The monoisotopic (exact) mass is 266 g/mol. The molecule has 0 spiro atoms. The number of carboxylic acid groups (broad SMARTS) is 1. The molecule has 1 saturated heterocycles. The summed E-state index contributed by atoms with van der Waals surface area (Å²) in [7, 11) is 0. The normalized spacial score (nSPS) is 37.6. The molecule has 4 heteroatoms. The van der Waals surface area contributed by atoms with Crippen LogP contribution in [-0.2, 0) is 4.79 Å². The third-order valence-corrected chi connectivity index (χ3v) is 5.63. The van der Waals surface area contributed by atoms with E-state index in [0.29, 0.717) is 6.42 Å². The Hall–Kier alpha value is -0.610. The SMILES string of the molecule is CCC(C(=O)O)N1CCN(C2CC3CCC2C3)CC1. The van der Waals surface area contributed by atoms with Crippen LogP contribution in [0.1, 0.15) is 39.0 Å². The van der Waals surface area contributed by atoms with E-state index in [2.05, 4.69) is 9.80 Å². The number of carbonyl (C=O) groups is 1. The fourth-order valence-electron chi connectivity index (χ4n) is 4.63. The number of nitrogens with zero attached hydrogens (tertiary/aromatic N) is 2. The molecule has 0 aromatic carbocycles. The van der Waals surface area contributed by atoms with E-state index in [1.165, 1.54) is 25.7 Å². The Bertz CT molecular complexity index is 339. The molecule has 0 amide bonds. The molecule has 2 saturated carbocycles. The van der Waals surface area contributed by atoms with E-state index in [-0.39, 0.29) is 6.04 Å².